The number of carbonyl (C=O) groups excluding carboxylic acids is 1. The van der Waals surface area contributed by atoms with E-state index in [0.29, 0.717) is 24.7 Å². The number of methoxy groups -OCH3 is 1. The van der Waals surface area contributed by atoms with Gasteiger partial charge >= 0.3 is 5.97 Å². The summed E-state index contributed by atoms with van der Waals surface area (Å²) in [4.78, 5) is 11.1. The Morgan fingerprint density at radius 3 is 2.48 bits per heavy atom. The summed E-state index contributed by atoms with van der Waals surface area (Å²) in [5.41, 5.74) is 0. The molecule has 1 saturated carbocycles. The van der Waals surface area contributed by atoms with E-state index < -0.39 is 0 Å². The number of allylic oxidation sites excluding steroid dienone is 2. The fourth-order valence-electron chi connectivity index (χ4n) is 4.30. The third-order valence-corrected chi connectivity index (χ3v) is 6.16. The molecule has 0 amide bonds. The fourth-order valence-corrected chi connectivity index (χ4v) is 4.30. The molecule has 158 valence electrons. The summed E-state index contributed by atoms with van der Waals surface area (Å²) < 4.78 is 4.66. The molecule has 1 aliphatic rings. The molecule has 1 fully saturated rings. The van der Waals surface area contributed by atoms with Gasteiger partial charge in [-0.1, -0.05) is 58.8 Å². The van der Waals surface area contributed by atoms with E-state index in [0.717, 1.165) is 57.8 Å². The van der Waals surface area contributed by atoms with Crippen LogP contribution in [0.4, 0.5) is 0 Å². The molecule has 0 spiro atoms. The van der Waals surface area contributed by atoms with Crippen molar-refractivity contribution in [3.63, 3.8) is 0 Å². The predicted molar refractivity (Wildman–Crippen MR) is 111 cm³/mol. The van der Waals surface area contributed by atoms with Crippen LogP contribution in [0.25, 0.3) is 0 Å². The molecule has 0 aromatic carbocycles. The minimum Gasteiger partial charge on any atom is -0.509 e. The van der Waals surface area contributed by atoms with Crippen LogP contribution in [0.15, 0.2) is 11.5 Å². The number of rotatable bonds is 14. The van der Waals surface area contributed by atoms with Crippen LogP contribution in [0.2, 0.25) is 0 Å². The van der Waals surface area contributed by atoms with Crippen molar-refractivity contribution in [3.05, 3.63) is 11.5 Å². The SMILES string of the molecule is CCCCC(C)CCC(O)=C(O)[C@H]1CCC[C@@H]1CCCCCCC(=O)OC. The van der Waals surface area contributed by atoms with Gasteiger partial charge in [-0.3, -0.25) is 4.79 Å². The zero-order valence-corrected chi connectivity index (χ0v) is 17.8. The van der Waals surface area contributed by atoms with Crippen molar-refractivity contribution in [2.75, 3.05) is 7.11 Å². The topological polar surface area (TPSA) is 66.8 Å². The molecule has 0 bridgehead atoms. The lowest BCUT2D eigenvalue weighted by Gasteiger charge is -2.20. The maximum Gasteiger partial charge on any atom is 0.305 e. The number of hydrogen-bond acceptors (Lipinski definition) is 4. The van der Waals surface area contributed by atoms with Crippen LogP contribution < -0.4 is 0 Å². The molecule has 0 heterocycles. The van der Waals surface area contributed by atoms with Gasteiger partial charge in [0.1, 0.15) is 11.5 Å². The summed E-state index contributed by atoms with van der Waals surface area (Å²) in [5.74, 6) is 1.61. The number of carbonyl (C=O) groups is 1. The van der Waals surface area contributed by atoms with E-state index in [1.807, 2.05) is 0 Å². The Bertz CT molecular complexity index is 444. The van der Waals surface area contributed by atoms with E-state index in [1.165, 1.54) is 26.4 Å². The van der Waals surface area contributed by atoms with Gasteiger partial charge in [-0.15, -0.1) is 0 Å². The first-order valence-corrected chi connectivity index (χ1v) is 11.2. The molecule has 1 unspecified atom stereocenters. The molecule has 3 atom stereocenters. The molecule has 27 heavy (non-hydrogen) atoms. The number of esters is 1. The Kier molecular flexibility index (Phi) is 12.3. The highest BCUT2D eigenvalue weighted by Gasteiger charge is 2.31. The maximum absolute atomic E-state index is 11.1. The monoisotopic (exact) mass is 382 g/mol. The van der Waals surface area contributed by atoms with Crippen LogP contribution in [0, 0.1) is 17.8 Å². The van der Waals surface area contributed by atoms with Crippen LogP contribution in [0.5, 0.6) is 0 Å². The Hall–Kier alpha value is -1.19. The lowest BCUT2D eigenvalue weighted by molar-refractivity contribution is -0.140. The summed E-state index contributed by atoms with van der Waals surface area (Å²) in [7, 11) is 1.43. The summed E-state index contributed by atoms with van der Waals surface area (Å²) in [6.45, 7) is 4.44. The van der Waals surface area contributed by atoms with E-state index in [4.69, 9.17) is 0 Å². The average molecular weight is 383 g/mol. The first kappa shape index (κ1) is 23.8. The predicted octanol–water partition coefficient (Wildman–Crippen LogP) is 6.85. The van der Waals surface area contributed by atoms with Gasteiger partial charge < -0.3 is 14.9 Å². The van der Waals surface area contributed by atoms with Crippen LogP contribution in [0.1, 0.15) is 104 Å². The Balaban J connectivity index is 2.33. The third-order valence-electron chi connectivity index (χ3n) is 6.16. The quantitative estimate of drug-likeness (QED) is 0.196. The third kappa shape index (κ3) is 9.53. The number of hydrogen-bond donors (Lipinski definition) is 2. The largest absolute Gasteiger partial charge is 0.509 e. The van der Waals surface area contributed by atoms with E-state index in [9.17, 15) is 15.0 Å². The van der Waals surface area contributed by atoms with Gasteiger partial charge in [0.15, 0.2) is 0 Å². The second kappa shape index (κ2) is 13.9. The van der Waals surface area contributed by atoms with Crippen molar-refractivity contribution in [1.82, 2.24) is 0 Å². The fraction of sp³-hybridized carbons (Fsp3) is 0.870. The number of ether oxygens (including phenoxy) is 1. The van der Waals surface area contributed by atoms with E-state index >= 15 is 0 Å². The highest BCUT2D eigenvalue weighted by Crippen LogP contribution is 2.40. The van der Waals surface area contributed by atoms with Crippen molar-refractivity contribution < 1.29 is 19.7 Å². The second-order valence-electron chi connectivity index (χ2n) is 8.44. The molecule has 4 heteroatoms. The van der Waals surface area contributed by atoms with E-state index in [1.54, 1.807) is 0 Å². The van der Waals surface area contributed by atoms with Gasteiger partial charge in [-0.2, -0.15) is 0 Å². The van der Waals surface area contributed by atoms with Gasteiger partial charge in [0.25, 0.3) is 0 Å². The molecule has 0 aromatic rings. The van der Waals surface area contributed by atoms with Gasteiger partial charge in [0, 0.05) is 18.8 Å². The zero-order valence-electron chi connectivity index (χ0n) is 17.8. The zero-order chi connectivity index (χ0) is 20.1. The number of aliphatic hydroxyl groups is 2. The molecule has 0 saturated heterocycles. The molecule has 2 N–H and O–H groups in total. The van der Waals surface area contributed by atoms with Gasteiger partial charge in [0.2, 0.25) is 0 Å². The van der Waals surface area contributed by atoms with Crippen LogP contribution in [-0.2, 0) is 9.53 Å². The second-order valence-corrected chi connectivity index (χ2v) is 8.44. The molecule has 0 aromatic heterocycles. The lowest BCUT2D eigenvalue weighted by Crippen LogP contribution is -2.13. The maximum atomic E-state index is 11.1. The van der Waals surface area contributed by atoms with Crippen molar-refractivity contribution in [3.8, 4) is 0 Å². The summed E-state index contributed by atoms with van der Waals surface area (Å²) in [6, 6.07) is 0. The van der Waals surface area contributed by atoms with Crippen LogP contribution >= 0.6 is 0 Å². The summed E-state index contributed by atoms with van der Waals surface area (Å²) in [5, 5.41) is 21.0. The smallest absolute Gasteiger partial charge is 0.305 e. The molecular formula is C23H42O4. The highest BCUT2D eigenvalue weighted by molar-refractivity contribution is 5.68. The van der Waals surface area contributed by atoms with Crippen LogP contribution in [-0.4, -0.2) is 23.3 Å². The standard InChI is InChI=1S/C23H42O4/c1-4-5-11-18(2)16-17-21(24)23(26)20-14-10-13-19(20)12-8-6-7-9-15-22(25)27-3/h18-20,24,26H,4-17H2,1-3H3/t18?,19-,20-/m0/s1. The Morgan fingerprint density at radius 2 is 1.78 bits per heavy atom. The number of aliphatic hydroxyl groups excluding tert-OH is 2. The molecule has 4 nitrogen and oxygen atoms in total. The number of unbranched alkanes of at least 4 members (excludes halogenated alkanes) is 4. The first-order valence-electron chi connectivity index (χ1n) is 11.2. The van der Waals surface area contributed by atoms with Crippen LogP contribution in [0.3, 0.4) is 0 Å². The average Bonchev–Trinajstić information content (AvgIpc) is 3.14. The molecule has 1 aliphatic carbocycles. The Labute approximate surface area is 166 Å². The van der Waals surface area contributed by atoms with E-state index in [2.05, 4.69) is 18.6 Å². The molecule has 0 aliphatic heterocycles. The molecule has 1 rings (SSSR count). The minimum atomic E-state index is -0.125. The normalized spacial score (nSPS) is 21.7. The molecule has 0 radical (unpaired) electrons. The van der Waals surface area contributed by atoms with Gasteiger partial charge in [-0.05, 0) is 43.9 Å². The van der Waals surface area contributed by atoms with Crippen molar-refractivity contribution >= 4 is 5.97 Å². The van der Waals surface area contributed by atoms with Crippen molar-refractivity contribution in [1.29, 1.82) is 0 Å². The van der Waals surface area contributed by atoms with Crippen molar-refractivity contribution in [2.45, 2.75) is 104 Å². The summed E-state index contributed by atoms with van der Waals surface area (Å²) in [6.07, 6.45) is 14.3. The van der Waals surface area contributed by atoms with Gasteiger partial charge in [0.05, 0.1) is 7.11 Å². The summed E-state index contributed by atoms with van der Waals surface area (Å²) >= 11 is 0. The highest BCUT2D eigenvalue weighted by atomic mass is 16.5. The minimum absolute atomic E-state index is 0.125. The first-order chi connectivity index (χ1) is 13.0. The van der Waals surface area contributed by atoms with E-state index in [-0.39, 0.29) is 23.4 Å². The van der Waals surface area contributed by atoms with Gasteiger partial charge in [-0.25, -0.2) is 0 Å². The van der Waals surface area contributed by atoms with Crippen molar-refractivity contribution in [2.24, 2.45) is 17.8 Å². The Morgan fingerprint density at radius 1 is 1.04 bits per heavy atom. The lowest BCUT2D eigenvalue weighted by atomic mass is 9.88. The molecular weight excluding hydrogens is 340 g/mol.